The quantitative estimate of drug-likeness (QED) is 0.563. The fourth-order valence-electron chi connectivity index (χ4n) is 0.972. The molecule has 0 heterocycles. The van der Waals surface area contributed by atoms with Crippen molar-refractivity contribution in [1.29, 1.82) is 0 Å². The van der Waals surface area contributed by atoms with E-state index in [-0.39, 0.29) is 11.6 Å². The molecule has 0 spiro atoms. The van der Waals surface area contributed by atoms with Gasteiger partial charge in [-0.15, -0.1) is 0 Å². The summed E-state index contributed by atoms with van der Waals surface area (Å²) in [5, 5.41) is 3.82. The first-order valence-corrected chi connectivity index (χ1v) is 6.59. The molecular weight excluding hydrogens is 210 g/mol. The SMILES string of the molecule is CSC(C)CNCCC(=O)OC(C)(C)C. The van der Waals surface area contributed by atoms with Crippen LogP contribution >= 0.6 is 11.8 Å². The van der Waals surface area contributed by atoms with Crippen LogP contribution in [0.25, 0.3) is 0 Å². The lowest BCUT2D eigenvalue weighted by Crippen LogP contribution is -2.29. The molecule has 0 fully saturated rings. The van der Waals surface area contributed by atoms with Gasteiger partial charge in [0.25, 0.3) is 0 Å². The van der Waals surface area contributed by atoms with Gasteiger partial charge in [0, 0.05) is 18.3 Å². The molecule has 0 aliphatic carbocycles. The van der Waals surface area contributed by atoms with E-state index in [0.29, 0.717) is 18.2 Å². The predicted molar refractivity (Wildman–Crippen MR) is 66.3 cm³/mol. The molecule has 0 radical (unpaired) electrons. The van der Waals surface area contributed by atoms with Gasteiger partial charge in [-0.1, -0.05) is 6.92 Å². The molecule has 0 aromatic heterocycles. The molecule has 0 aliphatic rings. The fourth-order valence-corrected chi connectivity index (χ4v) is 1.26. The molecule has 0 amide bonds. The largest absolute Gasteiger partial charge is 0.460 e. The van der Waals surface area contributed by atoms with Gasteiger partial charge >= 0.3 is 5.97 Å². The number of nitrogens with one attached hydrogen (secondary N) is 1. The molecule has 1 atom stereocenters. The molecule has 0 bridgehead atoms. The number of rotatable bonds is 6. The van der Waals surface area contributed by atoms with Crippen LogP contribution in [0.1, 0.15) is 34.1 Å². The molecule has 1 unspecified atom stereocenters. The predicted octanol–water partition coefficient (Wildman–Crippen LogP) is 2.06. The van der Waals surface area contributed by atoms with Crippen LogP contribution < -0.4 is 5.32 Å². The Bertz CT molecular complexity index is 190. The highest BCUT2D eigenvalue weighted by molar-refractivity contribution is 7.99. The van der Waals surface area contributed by atoms with Crippen molar-refractivity contribution in [3.63, 3.8) is 0 Å². The lowest BCUT2D eigenvalue weighted by molar-refractivity contribution is -0.154. The van der Waals surface area contributed by atoms with E-state index < -0.39 is 0 Å². The van der Waals surface area contributed by atoms with Crippen molar-refractivity contribution in [1.82, 2.24) is 5.32 Å². The Labute approximate surface area is 97.3 Å². The smallest absolute Gasteiger partial charge is 0.307 e. The Morgan fingerprint density at radius 1 is 1.47 bits per heavy atom. The van der Waals surface area contributed by atoms with Crippen molar-refractivity contribution < 1.29 is 9.53 Å². The van der Waals surface area contributed by atoms with Crippen LogP contribution in [0.2, 0.25) is 0 Å². The van der Waals surface area contributed by atoms with Crippen LogP contribution in [0.3, 0.4) is 0 Å². The summed E-state index contributed by atoms with van der Waals surface area (Å²) in [5.41, 5.74) is -0.371. The molecule has 0 aromatic rings. The highest BCUT2D eigenvalue weighted by atomic mass is 32.2. The van der Waals surface area contributed by atoms with Crippen molar-refractivity contribution >= 4 is 17.7 Å². The van der Waals surface area contributed by atoms with E-state index in [1.165, 1.54) is 0 Å². The molecule has 0 rings (SSSR count). The third kappa shape index (κ3) is 10.1. The summed E-state index contributed by atoms with van der Waals surface area (Å²) in [6.07, 6.45) is 2.53. The Morgan fingerprint density at radius 3 is 2.53 bits per heavy atom. The van der Waals surface area contributed by atoms with Crippen molar-refractivity contribution in [3.05, 3.63) is 0 Å². The number of thioether (sulfide) groups is 1. The normalized spacial score (nSPS) is 13.7. The zero-order valence-electron chi connectivity index (χ0n) is 10.4. The summed E-state index contributed by atoms with van der Waals surface area (Å²) >= 11 is 1.81. The third-order valence-electron chi connectivity index (χ3n) is 1.76. The molecule has 90 valence electrons. The second-order valence-electron chi connectivity index (χ2n) is 4.59. The maximum absolute atomic E-state index is 11.3. The van der Waals surface area contributed by atoms with E-state index in [2.05, 4.69) is 18.5 Å². The van der Waals surface area contributed by atoms with E-state index in [1.807, 2.05) is 32.5 Å². The van der Waals surface area contributed by atoms with E-state index in [9.17, 15) is 4.79 Å². The van der Waals surface area contributed by atoms with E-state index in [1.54, 1.807) is 0 Å². The van der Waals surface area contributed by atoms with E-state index in [4.69, 9.17) is 4.74 Å². The number of carbonyl (C=O) groups excluding carboxylic acids is 1. The number of hydrogen-bond donors (Lipinski definition) is 1. The van der Waals surface area contributed by atoms with Gasteiger partial charge in [-0.3, -0.25) is 4.79 Å². The third-order valence-corrected chi connectivity index (χ3v) is 2.73. The molecule has 0 aliphatic heterocycles. The standard InChI is InChI=1S/C11H23NO2S/c1-9(15-5)8-12-7-6-10(13)14-11(2,3)4/h9,12H,6-8H2,1-5H3. The number of esters is 1. The van der Waals surface area contributed by atoms with Gasteiger partial charge in [-0.2, -0.15) is 11.8 Å². The van der Waals surface area contributed by atoms with Crippen LogP contribution in [0.15, 0.2) is 0 Å². The highest BCUT2D eigenvalue weighted by Crippen LogP contribution is 2.07. The zero-order chi connectivity index (χ0) is 11.9. The van der Waals surface area contributed by atoms with E-state index in [0.717, 1.165) is 6.54 Å². The minimum Gasteiger partial charge on any atom is -0.460 e. The van der Waals surface area contributed by atoms with Crippen LogP contribution in [0, 0.1) is 0 Å². The summed E-state index contributed by atoms with van der Waals surface area (Å²) < 4.78 is 5.19. The first-order valence-electron chi connectivity index (χ1n) is 5.30. The second kappa shape index (κ2) is 7.12. The summed E-state index contributed by atoms with van der Waals surface area (Å²) in [6.45, 7) is 9.44. The molecule has 4 heteroatoms. The van der Waals surface area contributed by atoms with Gasteiger partial charge in [-0.05, 0) is 27.0 Å². The zero-order valence-corrected chi connectivity index (χ0v) is 11.2. The summed E-state index contributed by atoms with van der Waals surface area (Å²) in [7, 11) is 0. The van der Waals surface area contributed by atoms with Gasteiger partial charge in [0.15, 0.2) is 0 Å². The summed E-state index contributed by atoms with van der Waals surface area (Å²) in [5.74, 6) is -0.133. The molecule has 15 heavy (non-hydrogen) atoms. The first kappa shape index (κ1) is 14.8. The van der Waals surface area contributed by atoms with Gasteiger partial charge in [0.2, 0.25) is 0 Å². The van der Waals surface area contributed by atoms with Crippen molar-refractivity contribution in [2.45, 2.75) is 45.0 Å². The summed E-state index contributed by atoms with van der Waals surface area (Å²) in [4.78, 5) is 11.3. The minimum absolute atomic E-state index is 0.133. The van der Waals surface area contributed by atoms with Gasteiger partial charge in [0.05, 0.1) is 6.42 Å². The number of hydrogen-bond acceptors (Lipinski definition) is 4. The first-order chi connectivity index (χ1) is 6.85. The molecule has 0 saturated carbocycles. The Kier molecular flexibility index (Phi) is 7.02. The lowest BCUT2D eigenvalue weighted by atomic mass is 10.2. The van der Waals surface area contributed by atoms with E-state index >= 15 is 0 Å². The Hall–Kier alpha value is -0.220. The molecule has 1 N–H and O–H groups in total. The average Bonchev–Trinajstić information content (AvgIpc) is 2.09. The average molecular weight is 233 g/mol. The maximum atomic E-state index is 11.3. The minimum atomic E-state index is -0.371. The maximum Gasteiger partial charge on any atom is 0.307 e. The Balaban J connectivity index is 3.48. The van der Waals surface area contributed by atoms with Crippen molar-refractivity contribution in [2.24, 2.45) is 0 Å². The van der Waals surface area contributed by atoms with Crippen LogP contribution in [0.4, 0.5) is 0 Å². The van der Waals surface area contributed by atoms with Crippen molar-refractivity contribution in [3.8, 4) is 0 Å². The molecule has 3 nitrogen and oxygen atoms in total. The van der Waals surface area contributed by atoms with Crippen molar-refractivity contribution in [2.75, 3.05) is 19.3 Å². The van der Waals surface area contributed by atoms with Crippen LogP contribution in [-0.4, -0.2) is 36.2 Å². The number of carbonyl (C=O) groups is 1. The second-order valence-corrected chi connectivity index (χ2v) is 5.86. The van der Waals surface area contributed by atoms with Crippen LogP contribution in [0.5, 0.6) is 0 Å². The number of ether oxygens (including phenoxy) is 1. The highest BCUT2D eigenvalue weighted by Gasteiger charge is 2.15. The van der Waals surface area contributed by atoms with Gasteiger partial charge in [-0.25, -0.2) is 0 Å². The summed E-state index contributed by atoms with van der Waals surface area (Å²) in [6, 6.07) is 0. The molecule has 0 aromatic carbocycles. The monoisotopic (exact) mass is 233 g/mol. The van der Waals surface area contributed by atoms with Gasteiger partial charge in [0.1, 0.15) is 5.60 Å². The topological polar surface area (TPSA) is 38.3 Å². The molecular formula is C11H23NO2S. The lowest BCUT2D eigenvalue weighted by Gasteiger charge is -2.19. The Morgan fingerprint density at radius 2 is 2.07 bits per heavy atom. The fraction of sp³-hybridized carbons (Fsp3) is 0.909. The van der Waals surface area contributed by atoms with Crippen LogP contribution in [-0.2, 0) is 9.53 Å². The van der Waals surface area contributed by atoms with Gasteiger partial charge < -0.3 is 10.1 Å². The molecule has 0 saturated heterocycles.